The summed E-state index contributed by atoms with van der Waals surface area (Å²) >= 11 is 0. The van der Waals surface area contributed by atoms with Gasteiger partial charge >= 0.3 is 0 Å². The Balaban J connectivity index is 1.47. The van der Waals surface area contributed by atoms with Gasteiger partial charge in [-0.25, -0.2) is 0 Å². The van der Waals surface area contributed by atoms with Crippen molar-refractivity contribution in [2.24, 2.45) is 17.3 Å². The van der Waals surface area contributed by atoms with E-state index in [2.05, 4.69) is 51.2 Å². The van der Waals surface area contributed by atoms with Crippen LogP contribution in [0.2, 0.25) is 0 Å². The van der Waals surface area contributed by atoms with E-state index in [-0.39, 0.29) is 23.3 Å². The highest BCUT2D eigenvalue weighted by molar-refractivity contribution is 6.01. The molecule has 0 spiro atoms. The summed E-state index contributed by atoms with van der Waals surface area (Å²) in [5.74, 6) is 2.10. The molecule has 2 unspecified atom stereocenters. The van der Waals surface area contributed by atoms with Crippen LogP contribution >= 0.6 is 0 Å². The molecule has 1 aromatic carbocycles. The van der Waals surface area contributed by atoms with Crippen LogP contribution in [0.1, 0.15) is 74.1 Å². The molecule has 3 nitrogen and oxygen atoms in total. The van der Waals surface area contributed by atoms with Crippen LogP contribution in [0.4, 0.5) is 0 Å². The second-order valence-corrected chi connectivity index (χ2v) is 10.6. The molecule has 5 rings (SSSR count). The quantitative estimate of drug-likeness (QED) is 0.757. The zero-order valence-corrected chi connectivity index (χ0v) is 18.7. The van der Waals surface area contributed by atoms with Crippen molar-refractivity contribution >= 4 is 5.78 Å². The molecule has 30 heavy (non-hydrogen) atoms. The maximum absolute atomic E-state index is 12.0. The number of aliphatic hydroxyl groups excluding tert-OH is 1. The minimum atomic E-state index is -0.282. The number of benzene rings is 1. The fourth-order valence-corrected chi connectivity index (χ4v) is 7.04. The van der Waals surface area contributed by atoms with Crippen LogP contribution in [0.25, 0.3) is 0 Å². The Morgan fingerprint density at radius 2 is 2.10 bits per heavy atom. The molecule has 1 aromatic rings. The maximum atomic E-state index is 12.0. The molecule has 2 N–H and O–H groups in total. The second-order valence-electron chi connectivity index (χ2n) is 10.6. The number of piperidine rings is 1. The number of hydrogen-bond donors (Lipinski definition) is 2. The van der Waals surface area contributed by atoms with Crippen LogP contribution in [0.15, 0.2) is 35.9 Å². The van der Waals surface area contributed by atoms with E-state index in [4.69, 9.17) is 0 Å². The van der Waals surface area contributed by atoms with E-state index in [1.165, 1.54) is 27.8 Å². The van der Waals surface area contributed by atoms with Gasteiger partial charge in [0.15, 0.2) is 5.78 Å². The van der Waals surface area contributed by atoms with E-state index >= 15 is 0 Å². The molecule has 1 saturated carbocycles. The van der Waals surface area contributed by atoms with Gasteiger partial charge in [-0.3, -0.25) is 4.79 Å². The molecule has 160 valence electrons. The Morgan fingerprint density at radius 1 is 1.30 bits per heavy atom. The highest BCUT2D eigenvalue weighted by Crippen LogP contribution is 2.59. The number of carbonyl (C=O) groups excluding carboxylic acids is 1. The lowest BCUT2D eigenvalue weighted by Gasteiger charge is -2.45. The molecule has 1 heterocycles. The lowest BCUT2D eigenvalue weighted by molar-refractivity contribution is -0.110. The molecule has 0 amide bonds. The van der Waals surface area contributed by atoms with Gasteiger partial charge in [0.2, 0.25) is 0 Å². The predicted molar refractivity (Wildman–Crippen MR) is 121 cm³/mol. The van der Waals surface area contributed by atoms with E-state index in [0.29, 0.717) is 23.7 Å². The number of carbonyl (C=O) groups is 1. The molecule has 0 bridgehead atoms. The van der Waals surface area contributed by atoms with Gasteiger partial charge in [0.25, 0.3) is 0 Å². The standard InChI is InChI=1S/C27H35NO2/c1-15-11-25(30)26(28-14-15)17(3)20-7-8-21-22-6-5-18-12-19(29)9-10-27(18,4)24(22)13-23(21)16(20)2/h7-10,12,15,17,22,24-26,28,30H,5-6,11,13-14H2,1-4H3/t15-,17-,22?,24?,25+,26-,27-/m0/s1. The van der Waals surface area contributed by atoms with Crippen molar-refractivity contribution in [3.63, 3.8) is 0 Å². The normalized spacial score (nSPS) is 38.5. The molecule has 3 aliphatic carbocycles. The molecule has 1 aliphatic heterocycles. The fraction of sp³-hybridized carbons (Fsp3) is 0.593. The first kappa shape index (κ1) is 20.2. The van der Waals surface area contributed by atoms with E-state index in [1.54, 1.807) is 6.08 Å². The Labute approximate surface area is 180 Å². The Bertz CT molecular complexity index is 944. The number of aliphatic hydroxyl groups is 1. The molecule has 1 saturated heterocycles. The van der Waals surface area contributed by atoms with Crippen molar-refractivity contribution in [3.05, 3.63) is 58.2 Å². The highest BCUT2D eigenvalue weighted by atomic mass is 16.3. The smallest absolute Gasteiger partial charge is 0.178 e. The van der Waals surface area contributed by atoms with Crippen LogP contribution in [0.3, 0.4) is 0 Å². The molecular formula is C27H35NO2. The average Bonchev–Trinajstić information content (AvgIpc) is 3.09. The van der Waals surface area contributed by atoms with Gasteiger partial charge in [-0.1, -0.05) is 44.6 Å². The number of allylic oxidation sites excluding steroid dienone is 4. The summed E-state index contributed by atoms with van der Waals surface area (Å²) in [6.07, 6.45) is 9.75. The van der Waals surface area contributed by atoms with Crippen LogP contribution in [-0.2, 0) is 11.2 Å². The van der Waals surface area contributed by atoms with E-state index in [0.717, 1.165) is 32.2 Å². The van der Waals surface area contributed by atoms with Gasteiger partial charge in [-0.05, 0) is 97.2 Å². The SMILES string of the molecule is Cc1c([C@H](C)[C@@H]2NC[C@@H](C)C[C@H]2O)ccc2c1CC1C2CCC2=CC(=O)C=C[C@@]21C. The van der Waals surface area contributed by atoms with Crippen LogP contribution < -0.4 is 5.32 Å². The third-order valence-electron chi connectivity index (χ3n) is 8.87. The molecule has 7 atom stereocenters. The summed E-state index contributed by atoms with van der Waals surface area (Å²) in [5, 5.41) is 14.3. The largest absolute Gasteiger partial charge is 0.391 e. The van der Waals surface area contributed by atoms with E-state index in [9.17, 15) is 9.90 Å². The van der Waals surface area contributed by atoms with Crippen molar-refractivity contribution in [2.75, 3.05) is 6.54 Å². The number of ketones is 1. The summed E-state index contributed by atoms with van der Waals surface area (Å²) in [7, 11) is 0. The van der Waals surface area contributed by atoms with Crippen molar-refractivity contribution in [2.45, 2.75) is 77.4 Å². The van der Waals surface area contributed by atoms with E-state index in [1.807, 2.05) is 6.08 Å². The topological polar surface area (TPSA) is 49.3 Å². The molecular weight excluding hydrogens is 370 g/mol. The van der Waals surface area contributed by atoms with Gasteiger partial charge < -0.3 is 10.4 Å². The predicted octanol–water partition coefficient (Wildman–Crippen LogP) is 4.58. The number of rotatable bonds is 2. The summed E-state index contributed by atoms with van der Waals surface area (Å²) in [4.78, 5) is 12.0. The van der Waals surface area contributed by atoms with Crippen LogP contribution in [0, 0.1) is 24.2 Å². The summed E-state index contributed by atoms with van der Waals surface area (Å²) < 4.78 is 0. The van der Waals surface area contributed by atoms with Crippen LogP contribution in [-0.4, -0.2) is 29.6 Å². The molecule has 0 radical (unpaired) electrons. The first-order valence-corrected chi connectivity index (χ1v) is 11.8. The maximum Gasteiger partial charge on any atom is 0.178 e. The summed E-state index contributed by atoms with van der Waals surface area (Å²) in [6, 6.07) is 4.84. The first-order valence-electron chi connectivity index (χ1n) is 11.8. The Hall–Kier alpha value is -1.71. The lowest BCUT2D eigenvalue weighted by Crippen LogP contribution is -2.50. The van der Waals surface area contributed by atoms with E-state index < -0.39 is 0 Å². The monoisotopic (exact) mass is 405 g/mol. The third-order valence-corrected chi connectivity index (χ3v) is 8.87. The van der Waals surface area contributed by atoms with Gasteiger partial charge in [0.05, 0.1) is 6.10 Å². The molecule has 2 fully saturated rings. The minimum absolute atomic E-state index is 0.00528. The minimum Gasteiger partial charge on any atom is -0.391 e. The lowest BCUT2D eigenvalue weighted by atomic mass is 9.59. The van der Waals surface area contributed by atoms with Gasteiger partial charge in [0.1, 0.15) is 0 Å². The zero-order chi connectivity index (χ0) is 21.2. The van der Waals surface area contributed by atoms with Gasteiger partial charge in [-0.2, -0.15) is 0 Å². The fourth-order valence-electron chi connectivity index (χ4n) is 7.04. The average molecular weight is 406 g/mol. The summed E-state index contributed by atoms with van der Waals surface area (Å²) in [6.45, 7) is 10.1. The van der Waals surface area contributed by atoms with Gasteiger partial charge in [-0.15, -0.1) is 0 Å². The second kappa shape index (κ2) is 7.17. The first-order chi connectivity index (χ1) is 14.3. The van der Waals surface area contributed by atoms with Gasteiger partial charge in [0, 0.05) is 11.5 Å². The van der Waals surface area contributed by atoms with Crippen molar-refractivity contribution in [1.29, 1.82) is 0 Å². The summed E-state index contributed by atoms with van der Waals surface area (Å²) in [5.41, 5.74) is 7.20. The Kier molecular flexibility index (Phi) is 4.83. The molecule has 0 aromatic heterocycles. The third kappa shape index (κ3) is 2.97. The number of nitrogens with one attached hydrogen (secondary N) is 1. The Morgan fingerprint density at radius 3 is 2.87 bits per heavy atom. The van der Waals surface area contributed by atoms with Crippen molar-refractivity contribution < 1.29 is 9.90 Å². The van der Waals surface area contributed by atoms with Crippen molar-refractivity contribution in [3.8, 4) is 0 Å². The number of fused-ring (bicyclic) bond motifs is 5. The highest BCUT2D eigenvalue weighted by Gasteiger charge is 2.49. The zero-order valence-electron chi connectivity index (χ0n) is 18.7. The molecule has 3 heteroatoms. The number of hydrogen-bond acceptors (Lipinski definition) is 3. The van der Waals surface area contributed by atoms with Crippen molar-refractivity contribution in [1.82, 2.24) is 5.32 Å². The van der Waals surface area contributed by atoms with Crippen LogP contribution in [0.5, 0.6) is 0 Å². The molecule has 4 aliphatic rings.